The second-order valence-electron chi connectivity index (χ2n) is 6.86. The van der Waals surface area contributed by atoms with Gasteiger partial charge in [0.1, 0.15) is 10.6 Å². The molecule has 2 saturated heterocycles. The van der Waals surface area contributed by atoms with Gasteiger partial charge in [0.15, 0.2) is 0 Å². The number of carbonyl (C=O) groups excluding carboxylic acids is 1. The van der Waals surface area contributed by atoms with Crippen LogP contribution in [-0.2, 0) is 10.0 Å². The summed E-state index contributed by atoms with van der Waals surface area (Å²) in [5.41, 5.74) is 6.19. The summed E-state index contributed by atoms with van der Waals surface area (Å²) in [7, 11) is -2.23. The molecular weight excluding hydrogens is 390 g/mol. The molecule has 1 aromatic carbocycles. The first-order chi connectivity index (χ1) is 12.5. The third kappa shape index (κ3) is 4.39. The van der Waals surface area contributed by atoms with Crippen LogP contribution >= 0.6 is 12.4 Å². The minimum absolute atomic E-state index is 0. The highest BCUT2D eigenvalue weighted by atomic mass is 35.5. The molecule has 2 aliphatic rings. The van der Waals surface area contributed by atoms with Gasteiger partial charge in [0.25, 0.3) is 5.91 Å². The zero-order valence-electron chi connectivity index (χ0n) is 15.6. The molecule has 2 N–H and O–H groups in total. The molecule has 1 aromatic rings. The van der Waals surface area contributed by atoms with E-state index >= 15 is 0 Å². The molecule has 0 radical (unpaired) electrons. The van der Waals surface area contributed by atoms with Crippen LogP contribution in [0.15, 0.2) is 23.1 Å². The Morgan fingerprint density at radius 3 is 2.48 bits per heavy atom. The van der Waals surface area contributed by atoms with E-state index in [1.807, 2.05) is 0 Å². The van der Waals surface area contributed by atoms with Crippen LogP contribution in [-0.4, -0.2) is 62.9 Å². The fourth-order valence-corrected chi connectivity index (χ4v) is 5.46. The molecule has 0 saturated carbocycles. The Bertz CT molecular complexity index is 766. The molecule has 2 aliphatic heterocycles. The highest BCUT2D eigenvalue weighted by Crippen LogP contribution is 2.31. The summed E-state index contributed by atoms with van der Waals surface area (Å²) < 4.78 is 32.7. The number of halogens is 1. The summed E-state index contributed by atoms with van der Waals surface area (Å²) in [6.07, 6.45) is 4.59. The number of nitrogens with zero attached hydrogens (tertiary/aromatic N) is 2. The number of piperidine rings is 1. The van der Waals surface area contributed by atoms with Crippen molar-refractivity contribution in [3.8, 4) is 5.75 Å². The van der Waals surface area contributed by atoms with E-state index < -0.39 is 10.0 Å². The lowest BCUT2D eigenvalue weighted by atomic mass is 10.0. The van der Waals surface area contributed by atoms with Crippen LogP contribution in [0.2, 0.25) is 0 Å². The fourth-order valence-electron chi connectivity index (χ4n) is 3.76. The highest BCUT2D eigenvalue weighted by molar-refractivity contribution is 7.89. The number of hydrogen-bond acceptors (Lipinski definition) is 5. The van der Waals surface area contributed by atoms with Crippen LogP contribution in [0.5, 0.6) is 5.75 Å². The average Bonchev–Trinajstić information content (AvgIpc) is 3.22. The lowest BCUT2D eigenvalue weighted by molar-refractivity contribution is 0.0623. The molecule has 0 bridgehead atoms. The summed E-state index contributed by atoms with van der Waals surface area (Å²) in [5, 5.41) is 0. The maximum atomic E-state index is 13.0. The van der Waals surface area contributed by atoms with Gasteiger partial charge in [-0.1, -0.05) is 0 Å². The van der Waals surface area contributed by atoms with Crippen molar-refractivity contribution in [1.29, 1.82) is 0 Å². The molecule has 1 amide bonds. The van der Waals surface area contributed by atoms with Crippen molar-refractivity contribution in [2.45, 2.75) is 43.0 Å². The predicted molar refractivity (Wildman–Crippen MR) is 106 cm³/mol. The number of ether oxygens (including phenoxy) is 1. The lowest BCUT2D eigenvalue weighted by Crippen LogP contribution is -2.47. The Morgan fingerprint density at radius 1 is 1.19 bits per heavy atom. The summed E-state index contributed by atoms with van der Waals surface area (Å²) >= 11 is 0. The molecular formula is C18H28ClN3O4S. The molecule has 1 atom stereocenters. The molecule has 3 rings (SSSR count). The number of hydrogen-bond donors (Lipinski definition) is 1. The normalized spacial score (nSPS) is 21.0. The molecule has 152 valence electrons. The van der Waals surface area contributed by atoms with Gasteiger partial charge in [-0.15, -0.1) is 12.4 Å². The van der Waals surface area contributed by atoms with Gasteiger partial charge in [0, 0.05) is 37.8 Å². The van der Waals surface area contributed by atoms with E-state index in [1.165, 1.54) is 17.5 Å². The largest absolute Gasteiger partial charge is 0.495 e. The second kappa shape index (κ2) is 9.23. The van der Waals surface area contributed by atoms with Crippen LogP contribution in [0.3, 0.4) is 0 Å². The lowest BCUT2D eigenvalue weighted by Gasteiger charge is -2.35. The first-order valence-electron chi connectivity index (χ1n) is 9.18. The van der Waals surface area contributed by atoms with E-state index in [4.69, 9.17) is 10.5 Å². The number of nitrogens with two attached hydrogens (primary N) is 1. The first kappa shape index (κ1) is 21.9. The zero-order valence-corrected chi connectivity index (χ0v) is 17.2. The standard InChI is InChI=1S/C18H27N3O4S.ClH/c1-25-16-8-7-14(18(22)21-11-3-2-6-15(21)13-19)12-17(16)26(23,24)20-9-4-5-10-20;/h7-8,12,15H,2-6,9-11,13,19H2,1H3;1H. The topological polar surface area (TPSA) is 92.9 Å². The van der Waals surface area contributed by atoms with Gasteiger partial charge in [-0.25, -0.2) is 8.42 Å². The Kier molecular flexibility index (Phi) is 7.50. The van der Waals surface area contributed by atoms with Crippen LogP contribution in [0.1, 0.15) is 42.5 Å². The second-order valence-corrected chi connectivity index (χ2v) is 8.77. The van der Waals surface area contributed by atoms with Crippen LogP contribution in [0.4, 0.5) is 0 Å². The Morgan fingerprint density at radius 2 is 1.85 bits per heavy atom. The Hall–Kier alpha value is -1.35. The van der Waals surface area contributed by atoms with Crippen molar-refractivity contribution in [3.05, 3.63) is 23.8 Å². The summed E-state index contributed by atoms with van der Waals surface area (Å²) in [4.78, 5) is 14.8. The van der Waals surface area contributed by atoms with E-state index in [-0.39, 0.29) is 35.0 Å². The molecule has 0 spiro atoms. The quantitative estimate of drug-likeness (QED) is 0.789. The Labute approximate surface area is 167 Å². The van der Waals surface area contributed by atoms with Gasteiger partial charge in [-0.3, -0.25) is 4.79 Å². The van der Waals surface area contributed by atoms with E-state index in [0.717, 1.165) is 32.1 Å². The van der Waals surface area contributed by atoms with Crippen molar-refractivity contribution < 1.29 is 17.9 Å². The monoisotopic (exact) mass is 417 g/mol. The third-order valence-electron chi connectivity index (χ3n) is 5.25. The van der Waals surface area contributed by atoms with Gasteiger partial charge in [0.05, 0.1) is 7.11 Å². The van der Waals surface area contributed by atoms with Crippen molar-refractivity contribution in [2.75, 3.05) is 33.3 Å². The molecule has 1 unspecified atom stereocenters. The van der Waals surface area contributed by atoms with E-state index in [9.17, 15) is 13.2 Å². The number of sulfonamides is 1. The minimum Gasteiger partial charge on any atom is -0.495 e. The minimum atomic E-state index is -3.67. The fraction of sp³-hybridized carbons (Fsp3) is 0.611. The van der Waals surface area contributed by atoms with Crippen molar-refractivity contribution in [1.82, 2.24) is 9.21 Å². The summed E-state index contributed by atoms with van der Waals surface area (Å²) in [6, 6.07) is 4.66. The summed E-state index contributed by atoms with van der Waals surface area (Å²) in [6.45, 7) is 2.08. The summed E-state index contributed by atoms with van der Waals surface area (Å²) in [5.74, 6) is 0.100. The SMILES string of the molecule is COc1ccc(C(=O)N2CCCCC2CN)cc1S(=O)(=O)N1CCCC1.Cl. The molecule has 9 heteroatoms. The van der Waals surface area contributed by atoms with Crippen molar-refractivity contribution in [2.24, 2.45) is 5.73 Å². The van der Waals surface area contributed by atoms with Gasteiger partial charge < -0.3 is 15.4 Å². The zero-order chi connectivity index (χ0) is 18.7. The van der Waals surface area contributed by atoms with E-state index in [1.54, 1.807) is 17.0 Å². The molecule has 0 aromatic heterocycles. The van der Waals surface area contributed by atoms with Gasteiger partial charge >= 0.3 is 0 Å². The third-order valence-corrected chi connectivity index (χ3v) is 7.17. The predicted octanol–water partition coefficient (Wildman–Crippen LogP) is 1.85. The first-order valence-corrected chi connectivity index (χ1v) is 10.6. The number of amides is 1. The molecule has 2 fully saturated rings. The molecule has 7 nitrogen and oxygen atoms in total. The van der Waals surface area contributed by atoms with E-state index in [2.05, 4.69) is 0 Å². The van der Waals surface area contributed by atoms with Crippen molar-refractivity contribution in [3.63, 3.8) is 0 Å². The average molecular weight is 418 g/mol. The number of benzene rings is 1. The molecule has 0 aliphatic carbocycles. The van der Waals surface area contributed by atoms with E-state index in [0.29, 0.717) is 31.7 Å². The smallest absolute Gasteiger partial charge is 0.254 e. The maximum Gasteiger partial charge on any atom is 0.254 e. The Balaban J connectivity index is 0.00000261. The molecule has 27 heavy (non-hydrogen) atoms. The van der Waals surface area contributed by atoms with Crippen molar-refractivity contribution >= 4 is 28.3 Å². The van der Waals surface area contributed by atoms with Gasteiger partial charge in [-0.05, 0) is 50.3 Å². The highest BCUT2D eigenvalue weighted by Gasteiger charge is 2.32. The molecule has 2 heterocycles. The maximum absolute atomic E-state index is 13.0. The van der Waals surface area contributed by atoms with Crippen LogP contribution in [0, 0.1) is 0 Å². The van der Waals surface area contributed by atoms with Crippen LogP contribution in [0.25, 0.3) is 0 Å². The van der Waals surface area contributed by atoms with Crippen LogP contribution < -0.4 is 10.5 Å². The number of methoxy groups -OCH3 is 1. The van der Waals surface area contributed by atoms with Gasteiger partial charge in [-0.2, -0.15) is 4.31 Å². The number of likely N-dealkylation sites (tertiary alicyclic amines) is 1. The number of rotatable bonds is 5. The number of carbonyl (C=O) groups is 1. The van der Waals surface area contributed by atoms with Gasteiger partial charge in [0.2, 0.25) is 10.0 Å².